The number of quaternary nitrogens is 1. The summed E-state index contributed by atoms with van der Waals surface area (Å²) in [6, 6.07) is 0. The molecule has 0 heterocycles. The summed E-state index contributed by atoms with van der Waals surface area (Å²) in [5, 5.41) is 0. The van der Waals surface area contributed by atoms with E-state index in [1.54, 1.807) is 0 Å². The highest BCUT2D eigenvalue weighted by atomic mass is 15.3. The van der Waals surface area contributed by atoms with Crippen molar-refractivity contribution in [2.45, 2.75) is 156 Å². The molecule has 0 aromatic carbocycles. The maximum Gasteiger partial charge on any atom is 0.0969 e. The van der Waals surface area contributed by atoms with Gasteiger partial charge in [-0.1, -0.05) is 143 Å². The van der Waals surface area contributed by atoms with Gasteiger partial charge < -0.3 is 4.48 Å². The highest BCUT2D eigenvalue weighted by Crippen LogP contribution is 2.19. The molecule has 0 fully saturated rings. The first-order chi connectivity index (χ1) is 15.6. The topological polar surface area (TPSA) is 0 Å². The van der Waals surface area contributed by atoms with Crippen LogP contribution in [-0.4, -0.2) is 31.2 Å². The maximum atomic E-state index is 4.06. The lowest BCUT2D eigenvalue weighted by molar-refractivity contribution is -0.904. The second-order valence-electron chi connectivity index (χ2n) is 11.2. The largest absolute Gasteiger partial charge is 0.323 e. The molecule has 2 unspecified atom stereocenters. The van der Waals surface area contributed by atoms with Gasteiger partial charge in [0.25, 0.3) is 0 Å². The molecule has 0 N–H and O–H groups in total. The summed E-state index contributed by atoms with van der Waals surface area (Å²) in [5.74, 6) is 0.884. The smallest absolute Gasteiger partial charge is 0.0969 e. The lowest BCUT2D eigenvalue weighted by Crippen LogP contribution is -2.46. The Bertz CT molecular complexity index is 377. The van der Waals surface area contributed by atoms with Crippen molar-refractivity contribution in [3.05, 3.63) is 12.7 Å². The third-order valence-corrected chi connectivity index (χ3v) is 7.58. The van der Waals surface area contributed by atoms with Crippen LogP contribution in [0.25, 0.3) is 0 Å². The molecule has 0 aromatic heterocycles. The van der Waals surface area contributed by atoms with E-state index in [9.17, 15) is 0 Å². The van der Waals surface area contributed by atoms with Crippen molar-refractivity contribution in [3.8, 4) is 0 Å². The van der Waals surface area contributed by atoms with Crippen LogP contribution >= 0.6 is 0 Å². The van der Waals surface area contributed by atoms with Crippen molar-refractivity contribution in [1.29, 1.82) is 0 Å². The number of likely N-dealkylation sites (N-methyl/N-ethyl adjacent to an activating group) is 1. The van der Waals surface area contributed by atoms with Crippen molar-refractivity contribution in [1.82, 2.24) is 0 Å². The first-order valence-corrected chi connectivity index (χ1v) is 15.0. The lowest BCUT2D eigenvalue weighted by Gasteiger charge is -2.34. The fourth-order valence-electron chi connectivity index (χ4n) is 5.07. The van der Waals surface area contributed by atoms with Crippen LogP contribution in [0.4, 0.5) is 0 Å². The maximum absolute atomic E-state index is 4.06. The van der Waals surface area contributed by atoms with Crippen LogP contribution in [-0.2, 0) is 0 Å². The number of unbranched alkanes of at least 4 members (excludes halogenated alkanes) is 17. The van der Waals surface area contributed by atoms with Crippen molar-refractivity contribution in [2.75, 3.05) is 26.7 Å². The summed E-state index contributed by atoms with van der Waals surface area (Å²) in [4.78, 5) is 0. The Hall–Kier alpha value is -0.300. The van der Waals surface area contributed by atoms with Crippen LogP contribution in [0.15, 0.2) is 12.7 Å². The van der Waals surface area contributed by atoms with E-state index in [2.05, 4.69) is 40.5 Å². The Morgan fingerprint density at radius 2 is 0.969 bits per heavy atom. The molecule has 0 aromatic rings. The molecule has 2 atom stereocenters. The number of hydrogen-bond donors (Lipinski definition) is 0. The Morgan fingerprint density at radius 3 is 1.41 bits per heavy atom. The van der Waals surface area contributed by atoms with Gasteiger partial charge in [-0.15, -0.1) is 0 Å². The zero-order valence-corrected chi connectivity index (χ0v) is 23.3. The van der Waals surface area contributed by atoms with E-state index in [1.807, 2.05) is 0 Å². The Morgan fingerprint density at radius 1 is 0.562 bits per heavy atom. The molecule has 0 spiro atoms. The van der Waals surface area contributed by atoms with Gasteiger partial charge in [0, 0.05) is 0 Å². The summed E-state index contributed by atoms with van der Waals surface area (Å²) in [5.41, 5.74) is 0. The van der Waals surface area contributed by atoms with Gasteiger partial charge in [0.1, 0.15) is 0 Å². The van der Waals surface area contributed by atoms with Crippen molar-refractivity contribution in [2.24, 2.45) is 5.92 Å². The minimum atomic E-state index is 0.884. The predicted molar refractivity (Wildman–Crippen MR) is 148 cm³/mol. The highest BCUT2D eigenvalue weighted by Gasteiger charge is 2.20. The molecule has 0 amide bonds. The lowest BCUT2D eigenvalue weighted by atomic mass is 9.98. The van der Waals surface area contributed by atoms with E-state index in [4.69, 9.17) is 0 Å². The van der Waals surface area contributed by atoms with Crippen molar-refractivity contribution < 1.29 is 4.48 Å². The van der Waals surface area contributed by atoms with Crippen LogP contribution in [0.3, 0.4) is 0 Å². The first-order valence-electron chi connectivity index (χ1n) is 15.0. The summed E-state index contributed by atoms with van der Waals surface area (Å²) < 4.78 is 1.21. The molecule has 0 rings (SSSR count). The Labute approximate surface area is 205 Å². The molecule has 192 valence electrons. The molecule has 0 aliphatic rings. The second-order valence-corrected chi connectivity index (χ2v) is 11.2. The third-order valence-electron chi connectivity index (χ3n) is 7.58. The molecule has 0 bridgehead atoms. The van der Waals surface area contributed by atoms with Crippen LogP contribution in [0.5, 0.6) is 0 Å². The van der Waals surface area contributed by atoms with Crippen LogP contribution in [0.1, 0.15) is 156 Å². The molecular weight excluding hydrogens is 386 g/mol. The van der Waals surface area contributed by atoms with Crippen LogP contribution < -0.4 is 0 Å². The molecule has 32 heavy (non-hydrogen) atoms. The van der Waals surface area contributed by atoms with Gasteiger partial charge in [-0.3, -0.25) is 0 Å². The molecule has 0 radical (unpaired) electrons. The van der Waals surface area contributed by atoms with Gasteiger partial charge in [0.15, 0.2) is 0 Å². The first kappa shape index (κ1) is 31.7. The molecule has 1 heteroatoms. The predicted octanol–water partition coefficient (Wildman–Crippen LogP) is 10.5. The van der Waals surface area contributed by atoms with Gasteiger partial charge in [-0.2, -0.15) is 0 Å². The molecule has 0 aliphatic carbocycles. The van der Waals surface area contributed by atoms with Gasteiger partial charge in [0.05, 0.1) is 26.7 Å². The normalized spacial score (nSPS) is 14.4. The summed E-state index contributed by atoms with van der Waals surface area (Å²) >= 11 is 0. The molecule has 1 nitrogen and oxygen atoms in total. The molecule has 0 saturated carbocycles. The molecule has 0 saturated heterocycles. The van der Waals surface area contributed by atoms with E-state index >= 15 is 0 Å². The monoisotopic (exact) mass is 451 g/mol. The van der Waals surface area contributed by atoms with Gasteiger partial charge in [-0.05, 0) is 31.3 Å². The van der Waals surface area contributed by atoms with Crippen LogP contribution in [0, 0.1) is 5.92 Å². The fourth-order valence-corrected chi connectivity index (χ4v) is 5.07. The average Bonchev–Trinajstić information content (AvgIpc) is 2.78. The summed E-state index contributed by atoms with van der Waals surface area (Å²) in [6.45, 7) is 15.0. The van der Waals surface area contributed by atoms with E-state index in [0.717, 1.165) is 12.5 Å². The number of hydrogen-bond acceptors (Lipinski definition) is 0. The second kappa shape index (κ2) is 23.8. The zero-order valence-electron chi connectivity index (χ0n) is 23.3. The van der Waals surface area contributed by atoms with Gasteiger partial charge >= 0.3 is 0 Å². The number of rotatable bonds is 26. The zero-order chi connectivity index (χ0) is 23.8. The minimum absolute atomic E-state index is 0.884. The van der Waals surface area contributed by atoms with E-state index in [-0.39, 0.29) is 0 Å². The summed E-state index contributed by atoms with van der Waals surface area (Å²) in [7, 11) is 2.47. The highest BCUT2D eigenvalue weighted by molar-refractivity contribution is 4.66. The quantitative estimate of drug-likeness (QED) is 0.0698. The van der Waals surface area contributed by atoms with Crippen LogP contribution in [0.2, 0.25) is 0 Å². The summed E-state index contributed by atoms with van der Waals surface area (Å²) in [6.07, 6.45) is 32.3. The van der Waals surface area contributed by atoms with Gasteiger partial charge in [-0.25, -0.2) is 0 Å². The fraction of sp³-hybridized carbons (Fsp3) is 0.935. The Kier molecular flexibility index (Phi) is 23.6. The van der Waals surface area contributed by atoms with E-state index in [0.29, 0.717) is 0 Å². The van der Waals surface area contributed by atoms with E-state index < -0.39 is 0 Å². The molecular formula is C31H64N+. The van der Waals surface area contributed by atoms with Gasteiger partial charge in [0.2, 0.25) is 0 Å². The van der Waals surface area contributed by atoms with Crippen molar-refractivity contribution in [3.63, 3.8) is 0 Å². The van der Waals surface area contributed by atoms with E-state index in [1.165, 1.54) is 152 Å². The third kappa shape index (κ3) is 21.5. The standard InChI is InChI=1S/C31H64N/c1-6-9-11-13-15-17-18-19-21-23-25-29-32(5,28-8-3)30-27-31(4)26-24-22-20-16-14-12-10-7-2/h8,31H,3,6-7,9-30H2,1-2,4-5H3/q+1. The average molecular weight is 451 g/mol. The molecule has 0 aliphatic heterocycles. The SMILES string of the molecule is C=CC[N+](C)(CCCCCCCCCCCCC)CCC(C)CCCCCCCCCC. The van der Waals surface area contributed by atoms with Crippen molar-refractivity contribution >= 4 is 0 Å². The Balaban J connectivity index is 3.76. The number of nitrogens with zero attached hydrogens (tertiary/aromatic N) is 1. The minimum Gasteiger partial charge on any atom is -0.323 e.